The molecule has 0 unspecified atom stereocenters. The summed E-state index contributed by atoms with van der Waals surface area (Å²) in [5, 5.41) is 7.30. The van der Waals surface area contributed by atoms with E-state index in [1.165, 1.54) is 50.9 Å². The molecule has 3 heterocycles. The van der Waals surface area contributed by atoms with Gasteiger partial charge in [0.05, 0.1) is 6.54 Å². The van der Waals surface area contributed by atoms with E-state index in [2.05, 4.69) is 5.10 Å². The molecule has 0 saturated carbocycles. The van der Waals surface area contributed by atoms with Crippen LogP contribution >= 0.6 is 11.3 Å². The SMILES string of the molecule is CN(C)S(=O)(=O)N1CCC(c2nn(Cc3ccc(F)cc3)c(=O)n2-c2cccs2)CC1. The number of piperidine rings is 1. The second-order valence-electron chi connectivity index (χ2n) is 7.68. The quantitative estimate of drug-likeness (QED) is 0.559. The molecule has 1 aliphatic heterocycles. The normalized spacial score (nSPS) is 16.3. The van der Waals surface area contributed by atoms with Crippen molar-refractivity contribution in [3.8, 4) is 5.00 Å². The van der Waals surface area contributed by atoms with E-state index < -0.39 is 10.2 Å². The van der Waals surface area contributed by atoms with Crippen LogP contribution < -0.4 is 5.69 Å². The van der Waals surface area contributed by atoms with Crippen LogP contribution in [0.4, 0.5) is 4.39 Å². The summed E-state index contributed by atoms with van der Waals surface area (Å²) in [6.07, 6.45) is 1.15. The standard InChI is InChI=1S/C20H24FN5O3S2/c1-23(2)31(28,29)24-11-9-16(10-12-24)19-22-25(14-15-5-7-17(21)8-6-15)20(27)26(19)18-4-3-13-30-18/h3-8,13,16H,9-12,14H2,1-2H3. The van der Waals surface area contributed by atoms with E-state index in [0.717, 1.165) is 10.6 Å². The van der Waals surface area contributed by atoms with Gasteiger partial charge in [-0.15, -0.1) is 11.3 Å². The van der Waals surface area contributed by atoms with Crippen LogP contribution in [0.15, 0.2) is 46.6 Å². The minimum absolute atomic E-state index is 0.0436. The molecule has 31 heavy (non-hydrogen) atoms. The average molecular weight is 466 g/mol. The molecule has 0 radical (unpaired) electrons. The first kappa shape index (κ1) is 21.9. The Bertz CT molecular complexity index is 1190. The Hall–Kier alpha value is -2.34. The number of thiophene rings is 1. The predicted molar refractivity (Wildman–Crippen MR) is 117 cm³/mol. The van der Waals surface area contributed by atoms with E-state index in [1.54, 1.807) is 16.7 Å². The molecule has 0 bridgehead atoms. The zero-order valence-corrected chi connectivity index (χ0v) is 18.9. The maximum Gasteiger partial charge on any atom is 0.351 e. The molecule has 1 fully saturated rings. The molecule has 1 aliphatic rings. The highest BCUT2D eigenvalue weighted by Crippen LogP contribution is 2.30. The number of hydrogen-bond donors (Lipinski definition) is 0. The van der Waals surface area contributed by atoms with Gasteiger partial charge in [0.15, 0.2) is 0 Å². The van der Waals surface area contributed by atoms with Gasteiger partial charge < -0.3 is 0 Å². The molecule has 1 saturated heterocycles. The summed E-state index contributed by atoms with van der Waals surface area (Å²) in [5.41, 5.74) is 0.517. The molecule has 0 amide bonds. The van der Waals surface area contributed by atoms with Crippen molar-refractivity contribution in [3.05, 3.63) is 69.5 Å². The van der Waals surface area contributed by atoms with Crippen LogP contribution in [0.2, 0.25) is 0 Å². The fraction of sp³-hybridized carbons (Fsp3) is 0.400. The molecule has 1 aromatic carbocycles. The van der Waals surface area contributed by atoms with E-state index in [4.69, 9.17) is 0 Å². The number of rotatable bonds is 6. The summed E-state index contributed by atoms with van der Waals surface area (Å²) < 4.78 is 43.8. The maximum atomic E-state index is 13.2. The molecule has 8 nitrogen and oxygen atoms in total. The second-order valence-corrected chi connectivity index (χ2v) is 10.7. The van der Waals surface area contributed by atoms with Crippen molar-refractivity contribution in [1.82, 2.24) is 23.0 Å². The Labute approximate surface area is 184 Å². The van der Waals surface area contributed by atoms with Gasteiger partial charge in [-0.2, -0.15) is 22.1 Å². The van der Waals surface area contributed by atoms with E-state index >= 15 is 0 Å². The Morgan fingerprint density at radius 3 is 2.42 bits per heavy atom. The zero-order valence-electron chi connectivity index (χ0n) is 17.3. The minimum Gasteiger partial charge on any atom is -0.246 e. The molecular weight excluding hydrogens is 441 g/mol. The van der Waals surface area contributed by atoms with Crippen molar-refractivity contribution < 1.29 is 12.8 Å². The highest BCUT2D eigenvalue weighted by Gasteiger charge is 2.33. The summed E-state index contributed by atoms with van der Waals surface area (Å²) in [6.45, 7) is 0.974. The van der Waals surface area contributed by atoms with Gasteiger partial charge in [-0.05, 0) is 48.1 Å². The number of hydrogen-bond acceptors (Lipinski definition) is 5. The van der Waals surface area contributed by atoms with Crippen molar-refractivity contribution in [3.63, 3.8) is 0 Å². The Kier molecular flexibility index (Phi) is 6.11. The van der Waals surface area contributed by atoms with Gasteiger partial charge in [-0.1, -0.05) is 12.1 Å². The summed E-state index contributed by atoms with van der Waals surface area (Å²) >= 11 is 1.45. The Morgan fingerprint density at radius 2 is 1.84 bits per heavy atom. The molecule has 0 N–H and O–H groups in total. The topological polar surface area (TPSA) is 80.4 Å². The van der Waals surface area contributed by atoms with Crippen molar-refractivity contribution >= 4 is 21.5 Å². The van der Waals surface area contributed by atoms with Crippen LogP contribution in [-0.2, 0) is 16.8 Å². The summed E-state index contributed by atoms with van der Waals surface area (Å²) in [4.78, 5) is 13.2. The van der Waals surface area contributed by atoms with E-state index in [1.807, 2.05) is 17.5 Å². The van der Waals surface area contributed by atoms with Gasteiger partial charge in [0.25, 0.3) is 10.2 Å². The van der Waals surface area contributed by atoms with E-state index in [0.29, 0.717) is 31.8 Å². The van der Waals surface area contributed by atoms with Gasteiger partial charge in [0.2, 0.25) is 0 Å². The highest BCUT2D eigenvalue weighted by molar-refractivity contribution is 7.86. The molecule has 166 valence electrons. The lowest BCUT2D eigenvalue weighted by Crippen LogP contribution is -2.44. The summed E-state index contributed by atoms with van der Waals surface area (Å²) in [5.74, 6) is 0.259. The molecular formula is C20H24FN5O3S2. The minimum atomic E-state index is -3.46. The predicted octanol–water partition coefficient (Wildman–Crippen LogP) is 2.27. The summed E-state index contributed by atoms with van der Waals surface area (Å²) in [7, 11) is -0.420. The van der Waals surface area contributed by atoms with Gasteiger partial charge >= 0.3 is 5.69 Å². The number of aromatic nitrogens is 3. The summed E-state index contributed by atoms with van der Waals surface area (Å²) in [6, 6.07) is 9.73. The van der Waals surface area contributed by atoms with Crippen LogP contribution in [0.5, 0.6) is 0 Å². The van der Waals surface area contributed by atoms with Gasteiger partial charge in [-0.25, -0.2) is 18.4 Å². The molecule has 0 spiro atoms. The lowest BCUT2D eigenvalue weighted by Gasteiger charge is -2.32. The highest BCUT2D eigenvalue weighted by atomic mass is 32.2. The fourth-order valence-corrected chi connectivity index (χ4v) is 5.60. The van der Waals surface area contributed by atoms with Crippen molar-refractivity contribution in [2.24, 2.45) is 0 Å². The monoisotopic (exact) mass is 465 g/mol. The first-order chi connectivity index (χ1) is 14.8. The molecule has 4 rings (SSSR count). The van der Waals surface area contributed by atoms with Crippen molar-refractivity contribution in [2.45, 2.75) is 25.3 Å². The molecule has 0 aliphatic carbocycles. The third-order valence-corrected chi connectivity index (χ3v) is 8.24. The van der Waals surface area contributed by atoms with Crippen LogP contribution in [0.3, 0.4) is 0 Å². The third kappa shape index (κ3) is 4.36. The fourth-order valence-electron chi connectivity index (χ4n) is 3.73. The van der Waals surface area contributed by atoms with Gasteiger partial charge in [0.1, 0.15) is 16.6 Å². The average Bonchev–Trinajstić information content (AvgIpc) is 3.38. The van der Waals surface area contributed by atoms with Crippen LogP contribution in [0.25, 0.3) is 5.00 Å². The van der Waals surface area contributed by atoms with Crippen molar-refractivity contribution in [1.29, 1.82) is 0 Å². The Balaban J connectivity index is 1.64. The van der Waals surface area contributed by atoms with E-state index in [-0.39, 0.29) is 24.0 Å². The number of benzene rings is 1. The smallest absolute Gasteiger partial charge is 0.246 e. The maximum absolute atomic E-state index is 13.2. The molecule has 0 atom stereocenters. The lowest BCUT2D eigenvalue weighted by molar-refractivity contribution is 0.295. The van der Waals surface area contributed by atoms with Crippen LogP contribution in [0.1, 0.15) is 30.1 Å². The zero-order chi connectivity index (χ0) is 22.2. The molecule has 3 aromatic rings. The van der Waals surface area contributed by atoms with Gasteiger partial charge in [-0.3, -0.25) is 0 Å². The number of halogens is 1. The first-order valence-electron chi connectivity index (χ1n) is 9.93. The lowest BCUT2D eigenvalue weighted by atomic mass is 9.97. The molecule has 2 aromatic heterocycles. The largest absolute Gasteiger partial charge is 0.351 e. The second kappa shape index (κ2) is 8.65. The molecule has 11 heteroatoms. The number of nitrogens with zero attached hydrogens (tertiary/aromatic N) is 5. The van der Waals surface area contributed by atoms with E-state index in [9.17, 15) is 17.6 Å². The third-order valence-electron chi connectivity index (χ3n) is 5.44. The Morgan fingerprint density at radius 1 is 1.16 bits per heavy atom. The van der Waals surface area contributed by atoms with Gasteiger partial charge in [0, 0.05) is 33.1 Å². The van der Waals surface area contributed by atoms with Crippen LogP contribution in [-0.4, -0.2) is 58.6 Å². The first-order valence-corrected chi connectivity index (χ1v) is 12.2. The van der Waals surface area contributed by atoms with Crippen LogP contribution in [0, 0.1) is 5.82 Å². The van der Waals surface area contributed by atoms with Crippen molar-refractivity contribution in [2.75, 3.05) is 27.2 Å².